The predicted octanol–water partition coefficient (Wildman–Crippen LogP) is 2.81. The van der Waals surface area contributed by atoms with Gasteiger partial charge < -0.3 is 9.84 Å². The van der Waals surface area contributed by atoms with Crippen LogP contribution in [0, 0.1) is 5.82 Å². The fourth-order valence-electron chi connectivity index (χ4n) is 1.64. The summed E-state index contributed by atoms with van der Waals surface area (Å²) in [5.74, 6) is -0.391. The average molecular weight is 247 g/mol. The van der Waals surface area contributed by atoms with Gasteiger partial charge >= 0.3 is 0 Å². The third kappa shape index (κ3) is 3.44. The Morgan fingerprint density at radius 3 is 2.69 bits per heavy atom. The Kier molecular flexibility index (Phi) is 5.19. The summed E-state index contributed by atoms with van der Waals surface area (Å²) in [6, 6.07) is 4.45. The van der Waals surface area contributed by atoms with Crippen LogP contribution in [-0.4, -0.2) is 24.4 Å². The summed E-state index contributed by atoms with van der Waals surface area (Å²) >= 11 is 5.64. The summed E-state index contributed by atoms with van der Waals surface area (Å²) in [7, 11) is 1.54. The molecule has 0 bridgehead atoms. The lowest BCUT2D eigenvalue weighted by molar-refractivity contribution is -0.0131. The number of aliphatic hydroxyl groups excluding tert-OH is 1. The molecule has 2 nitrogen and oxygen atoms in total. The second kappa shape index (κ2) is 6.18. The topological polar surface area (TPSA) is 29.5 Å². The van der Waals surface area contributed by atoms with Gasteiger partial charge in [0.15, 0.2) is 0 Å². The number of aliphatic hydroxyl groups is 1. The van der Waals surface area contributed by atoms with E-state index in [-0.39, 0.29) is 12.5 Å². The normalized spacial score (nSPS) is 14.8. The summed E-state index contributed by atoms with van der Waals surface area (Å²) < 4.78 is 18.5. The summed E-state index contributed by atoms with van der Waals surface area (Å²) in [4.78, 5) is 0. The van der Waals surface area contributed by atoms with E-state index in [4.69, 9.17) is 16.3 Å². The zero-order chi connectivity index (χ0) is 12.1. The highest BCUT2D eigenvalue weighted by atomic mass is 35.5. The Morgan fingerprint density at radius 2 is 2.19 bits per heavy atom. The minimum Gasteiger partial charge on any atom is -0.390 e. The van der Waals surface area contributed by atoms with Gasteiger partial charge in [-0.2, -0.15) is 0 Å². The van der Waals surface area contributed by atoms with Crippen LogP contribution in [0.4, 0.5) is 4.39 Å². The fraction of sp³-hybridized carbons (Fsp3) is 0.500. The first-order valence-electron chi connectivity index (χ1n) is 5.23. The van der Waals surface area contributed by atoms with Crippen LogP contribution in [0.25, 0.3) is 0 Å². The molecule has 0 spiro atoms. The molecule has 16 heavy (non-hydrogen) atoms. The van der Waals surface area contributed by atoms with E-state index in [1.165, 1.54) is 13.2 Å². The Labute approximate surface area is 100.0 Å². The lowest BCUT2D eigenvalue weighted by Crippen LogP contribution is -2.29. The van der Waals surface area contributed by atoms with Crippen molar-refractivity contribution >= 4 is 11.6 Å². The summed E-state index contributed by atoms with van der Waals surface area (Å²) in [5.41, 5.74) is 0.451. The Balaban J connectivity index is 2.72. The van der Waals surface area contributed by atoms with Crippen molar-refractivity contribution in [2.24, 2.45) is 0 Å². The van der Waals surface area contributed by atoms with Gasteiger partial charge in [-0.3, -0.25) is 0 Å². The zero-order valence-corrected chi connectivity index (χ0v) is 10.2. The first-order chi connectivity index (χ1) is 7.58. The van der Waals surface area contributed by atoms with E-state index in [1.807, 2.05) is 6.92 Å². The number of methoxy groups -OCH3 is 1. The molecule has 1 aromatic carbocycles. The Morgan fingerprint density at radius 1 is 1.50 bits per heavy atom. The van der Waals surface area contributed by atoms with E-state index in [0.717, 1.165) is 0 Å². The van der Waals surface area contributed by atoms with Crippen molar-refractivity contribution < 1.29 is 14.2 Å². The van der Waals surface area contributed by atoms with Crippen molar-refractivity contribution in [1.29, 1.82) is 0 Å². The van der Waals surface area contributed by atoms with Crippen LogP contribution in [0.5, 0.6) is 0 Å². The molecule has 0 heterocycles. The second-order valence-corrected chi connectivity index (χ2v) is 4.13. The number of rotatable bonds is 5. The standard InChI is InChI=1S/C12H16ClFO2/c1-3-12(16-2)11(15)6-8-4-5-9(13)7-10(8)14/h4-5,7,11-12,15H,3,6H2,1-2H3. The minimum absolute atomic E-state index is 0.231. The number of hydrogen-bond donors (Lipinski definition) is 1. The first kappa shape index (κ1) is 13.4. The van der Waals surface area contributed by atoms with Crippen LogP contribution in [0.15, 0.2) is 18.2 Å². The monoisotopic (exact) mass is 246 g/mol. The smallest absolute Gasteiger partial charge is 0.127 e. The second-order valence-electron chi connectivity index (χ2n) is 3.69. The van der Waals surface area contributed by atoms with E-state index < -0.39 is 11.9 Å². The van der Waals surface area contributed by atoms with E-state index in [1.54, 1.807) is 12.1 Å². The molecular weight excluding hydrogens is 231 g/mol. The SMILES string of the molecule is CCC(OC)C(O)Cc1ccc(Cl)cc1F. The van der Waals surface area contributed by atoms with Gasteiger partial charge in [0.1, 0.15) is 5.82 Å². The van der Waals surface area contributed by atoms with Gasteiger partial charge in [-0.15, -0.1) is 0 Å². The molecular formula is C12H16ClFO2. The van der Waals surface area contributed by atoms with Crippen molar-refractivity contribution in [3.63, 3.8) is 0 Å². The molecule has 0 aliphatic carbocycles. The zero-order valence-electron chi connectivity index (χ0n) is 9.41. The highest BCUT2D eigenvalue weighted by Crippen LogP contribution is 2.17. The molecule has 0 radical (unpaired) electrons. The highest BCUT2D eigenvalue weighted by molar-refractivity contribution is 6.30. The fourth-order valence-corrected chi connectivity index (χ4v) is 1.80. The van der Waals surface area contributed by atoms with Gasteiger partial charge in [0.25, 0.3) is 0 Å². The van der Waals surface area contributed by atoms with Gasteiger partial charge in [-0.1, -0.05) is 24.6 Å². The van der Waals surface area contributed by atoms with Crippen LogP contribution < -0.4 is 0 Å². The van der Waals surface area contributed by atoms with Gasteiger partial charge in [0, 0.05) is 18.6 Å². The molecule has 0 aliphatic rings. The van der Waals surface area contributed by atoms with Crippen LogP contribution in [0.3, 0.4) is 0 Å². The van der Waals surface area contributed by atoms with Crippen LogP contribution in [-0.2, 0) is 11.2 Å². The van der Waals surface area contributed by atoms with E-state index in [9.17, 15) is 9.50 Å². The molecule has 0 saturated carbocycles. The van der Waals surface area contributed by atoms with Crippen LogP contribution in [0.2, 0.25) is 5.02 Å². The van der Waals surface area contributed by atoms with Gasteiger partial charge in [-0.05, 0) is 24.1 Å². The molecule has 1 N–H and O–H groups in total. The molecule has 4 heteroatoms. The van der Waals surface area contributed by atoms with Crippen molar-refractivity contribution in [2.75, 3.05) is 7.11 Å². The van der Waals surface area contributed by atoms with E-state index in [2.05, 4.69) is 0 Å². The molecule has 0 amide bonds. The lowest BCUT2D eigenvalue weighted by Gasteiger charge is -2.20. The molecule has 1 aromatic rings. The van der Waals surface area contributed by atoms with Gasteiger partial charge in [0.2, 0.25) is 0 Å². The van der Waals surface area contributed by atoms with Crippen LogP contribution in [0.1, 0.15) is 18.9 Å². The minimum atomic E-state index is -0.703. The number of halogens is 2. The van der Waals surface area contributed by atoms with Crippen LogP contribution >= 0.6 is 11.6 Å². The number of hydrogen-bond acceptors (Lipinski definition) is 2. The summed E-state index contributed by atoms with van der Waals surface area (Å²) in [6.45, 7) is 1.91. The maximum atomic E-state index is 13.4. The quantitative estimate of drug-likeness (QED) is 0.866. The van der Waals surface area contributed by atoms with Crippen molar-refractivity contribution in [3.05, 3.63) is 34.6 Å². The lowest BCUT2D eigenvalue weighted by atomic mass is 10.0. The average Bonchev–Trinajstić information content (AvgIpc) is 2.24. The van der Waals surface area contributed by atoms with Crippen molar-refractivity contribution in [2.45, 2.75) is 32.0 Å². The summed E-state index contributed by atoms with van der Waals surface area (Å²) in [6.07, 6.45) is -0.0527. The van der Waals surface area contributed by atoms with E-state index >= 15 is 0 Å². The molecule has 1 rings (SSSR count). The van der Waals surface area contributed by atoms with E-state index in [0.29, 0.717) is 17.0 Å². The Hall–Kier alpha value is -0.640. The first-order valence-corrected chi connectivity index (χ1v) is 5.61. The van der Waals surface area contributed by atoms with Gasteiger partial charge in [0.05, 0.1) is 12.2 Å². The molecule has 0 aromatic heterocycles. The number of benzene rings is 1. The molecule has 0 saturated heterocycles. The molecule has 2 atom stereocenters. The number of ether oxygens (including phenoxy) is 1. The van der Waals surface area contributed by atoms with Crippen molar-refractivity contribution in [1.82, 2.24) is 0 Å². The summed E-state index contributed by atoms with van der Waals surface area (Å²) in [5, 5.41) is 10.2. The third-order valence-electron chi connectivity index (χ3n) is 2.58. The van der Waals surface area contributed by atoms with Crippen molar-refractivity contribution in [3.8, 4) is 0 Å². The Bertz CT molecular complexity index is 340. The molecule has 0 aliphatic heterocycles. The predicted molar refractivity (Wildman–Crippen MR) is 62.2 cm³/mol. The molecule has 0 fully saturated rings. The third-order valence-corrected chi connectivity index (χ3v) is 2.81. The maximum absolute atomic E-state index is 13.4. The molecule has 90 valence electrons. The maximum Gasteiger partial charge on any atom is 0.127 e. The largest absolute Gasteiger partial charge is 0.390 e. The van der Waals surface area contributed by atoms with Gasteiger partial charge in [-0.25, -0.2) is 4.39 Å². The highest BCUT2D eigenvalue weighted by Gasteiger charge is 2.18. The molecule has 2 unspecified atom stereocenters.